The van der Waals surface area contributed by atoms with Crippen molar-refractivity contribution in [2.75, 3.05) is 0 Å². The molecule has 110 valence electrons. The van der Waals surface area contributed by atoms with Gasteiger partial charge in [0.05, 0.1) is 11.9 Å². The second kappa shape index (κ2) is 6.31. The van der Waals surface area contributed by atoms with Gasteiger partial charge in [-0.05, 0) is 41.8 Å². The van der Waals surface area contributed by atoms with Crippen LogP contribution in [0.15, 0.2) is 52.9 Å². The molecule has 1 aromatic carbocycles. The monoisotopic (exact) mass is 314 g/mol. The molecule has 5 nitrogen and oxygen atoms in total. The highest BCUT2D eigenvalue weighted by Crippen LogP contribution is 2.17. The van der Waals surface area contributed by atoms with Crippen LogP contribution in [0.3, 0.4) is 0 Å². The van der Waals surface area contributed by atoms with Gasteiger partial charge >= 0.3 is 0 Å². The van der Waals surface area contributed by atoms with E-state index in [1.807, 2.05) is 17.5 Å². The maximum atomic E-state index is 12.9. The Morgan fingerprint density at radius 2 is 2.14 bits per heavy atom. The van der Waals surface area contributed by atoms with E-state index in [1.54, 1.807) is 24.4 Å². The highest BCUT2D eigenvalue weighted by Gasteiger charge is 2.10. The number of aromatic nitrogens is 2. The minimum atomic E-state index is -0.395. The summed E-state index contributed by atoms with van der Waals surface area (Å²) in [6.45, 7) is 0. The van der Waals surface area contributed by atoms with Gasteiger partial charge in [-0.15, -0.1) is 11.3 Å². The van der Waals surface area contributed by atoms with E-state index in [1.165, 1.54) is 23.5 Å². The van der Waals surface area contributed by atoms with E-state index in [-0.39, 0.29) is 11.5 Å². The van der Waals surface area contributed by atoms with Gasteiger partial charge in [-0.25, -0.2) is 9.82 Å². The first-order chi connectivity index (χ1) is 10.7. The summed E-state index contributed by atoms with van der Waals surface area (Å²) < 4.78 is 12.9. The summed E-state index contributed by atoms with van der Waals surface area (Å²) in [5, 5.41) is 12.5. The molecule has 0 aliphatic rings. The molecule has 0 bridgehead atoms. The number of hydrazone groups is 1. The number of benzene rings is 1. The Balaban J connectivity index is 1.68. The summed E-state index contributed by atoms with van der Waals surface area (Å²) in [4.78, 5) is 12.9. The third-order valence-corrected chi connectivity index (χ3v) is 3.67. The Hall–Kier alpha value is -2.80. The Kier molecular flexibility index (Phi) is 4.06. The highest BCUT2D eigenvalue weighted by atomic mass is 32.1. The van der Waals surface area contributed by atoms with E-state index in [0.29, 0.717) is 5.69 Å². The van der Waals surface area contributed by atoms with Gasteiger partial charge < -0.3 is 0 Å². The number of nitrogens with one attached hydrogen (secondary N) is 2. The first-order valence-corrected chi connectivity index (χ1v) is 7.28. The number of thiophene rings is 1. The molecule has 2 N–H and O–H groups in total. The number of hydrogen-bond donors (Lipinski definition) is 2. The van der Waals surface area contributed by atoms with Crippen LogP contribution >= 0.6 is 11.3 Å². The van der Waals surface area contributed by atoms with Crippen LogP contribution in [0.25, 0.3) is 11.3 Å². The van der Waals surface area contributed by atoms with Crippen LogP contribution in [0.4, 0.5) is 4.39 Å². The molecule has 0 spiro atoms. The van der Waals surface area contributed by atoms with Crippen molar-refractivity contribution in [3.8, 4) is 11.3 Å². The highest BCUT2D eigenvalue weighted by molar-refractivity contribution is 7.11. The van der Waals surface area contributed by atoms with Gasteiger partial charge in [-0.3, -0.25) is 9.89 Å². The second-order valence-electron chi connectivity index (χ2n) is 4.39. The minimum Gasteiger partial charge on any atom is -0.272 e. The molecule has 22 heavy (non-hydrogen) atoms. The molecule has 0 atom stereocenters. The van der Waals surface area contributed by atoms with E-state index in [9.17, 15) is 9.18 Å². The summed E-state index contributed by atoms with van der Waals surface area (Å²) >= 11 is 1.52. The zero-order valence-electron chi connectivity index (χ0n) is 11.3. The fourth-order valence-electron chi connectivity index (χ4n) is 1.79. The van der Waals surface area contributed by atoms with E-state index < -0.39 is 5.91 Å². The van der Waals surface area contributed by atoms with Gasteiger partial charge in [0, 0.05) is 10.4 Å². The minimum absolute atomic E-state index is 0.280. The Bertz CT molecular complexity index is 793. The zero-order valence-corrected chi connectivity index (χ0v) is 12.1. The molecule has 0 aliphatic heterocycles. The average Bonchev–Trinajstić information content (AvgIpc) is 3.19. The van der Waals surface area contributed by atoms with Crippen molar-refractivity contribution in [1.29, 1.82) is 0 Å². The number of H-pyrrole nitrogens is 1. The Morgan fingerprint density at radius 1 is 1.32 bits per heavy atom. The lowest BCUT2D eigenvalue weighted by atomic mass is 10.1. The average molecular weight is 314 g/mol. The number of halogens is 1. The van der Waals surface area contributed by atoms with E-state index >= 15 is 0 Å². The van der Waals surface area contributed by atoms with Gasteiger partial charge in [0.25, 0.3) is 5.91 Å². The van der Waals surface area contributed by atoms with Crippen LogP contribution in [-0.4, -0.2) is 22.3 Å². The van der Waals surface area contributed by atoms with Gasteiger partial charge in [0.1, 0.15) is 11.5 Å². The SMILES string of the molecule is O=C(N/N=C\c1cccs1)c1cc(-c2ccc(F)cc2)n[nH]1. The molecular formula is C15H11FN4OS. The molecule has 0 saturated heterocycles. The van der Waals surface area contributed by atoms with Crippen molar-refractivity contribution in [1.82, 2.24) is 15.6 Å². The third-order valence-electron chi connectivity index (χ3n) is 2.86. The van der Waals surface area contributed by atoms with Crippen LogP contribution in [0, 0.1) is 5.82 Å². The summed E-state index contributed by atoms with van der Waals surface area (Å²) in [6, 6.07) is 11.3. The van der Waals surface area contributed by atoms with Gasteiger partial charge in [0.2, 0.25) is 0 Å². The summed E-state index contributed by atoms with van der Waals surface area (Å²) in [7, 11) is 0. The third kappa shape index (κ3) is 3.26. The van der Waals surface area contributed by atoms with Crippen LogP contribution in [0.5, 0.6) is 0 Å². The number of aromatic amines is 1. The van der Waals surface area contributed by atoms with Crippen LogP contribution < -0.4 is 5.43 Å². The molecule has 3 rings (SSSR count). The van der Waals surface area contributed by atoms with E-state index in [0.717, 1.165) is 10.4 Å². The van der Waals surface area contributed by atoms with Gasteiger partial charge in [-0.1, -0.05) is 6.07 Å². The molecule has 2 aromatic heterocycles. The molecule has 7 heteroatoms. The van der Waals surface area contributed by atoms with Crippen molar-refractivity contribution in [2.24, 2.45) is 5.10 Å². The fraction of sp³-hybridized carbons (Fsp3) is 0. The van der Waals surface area contributed by atoms with Crippen LogP contribution in [0.1, 0.15) is 15.4 Å². The first-order valence-electron chi connectivity index (χ1n) is 6.40. The predicted octanol–water partition coefficient (Wildman–Crippen LogP) is 3.04. The number of amides is 1. The molecule has 0 saturated carbocycles. The molecule has 0 aliphatic carbocycles. The van der Waals surface area contributed by atoms with Crippen molar-refractivity contribution < 1.29 is 9.18 Å². The quantitative estimate of drug-likeness (QED) is 0.574. The lowest BCUT2D eigenvalue weighted by Crippen LogP contribution is -2.17. The first kappa shape index (κ1) is 14.2. The lowest BCUT2D eigenvalue weighted by Gasteiger charge is -1.95. The summed E-state index contributed by atoms with van der Waals surface area (Å²) in [6.07, 6.45) is 1.57. The number of rotatable bonds is 4. The largest absolute Gasteiger partial charge is 0.289 e. The standard InChI is InChI=1S/C15H11FN4OS/c16-11-5-3-10(4-6-11)13-8-14(19-18-13)15(21)20-17-9-12-2-1-7-22-12/h1-9H,(H,18,19)(H,20,21)/b17-9-. The molecule has 2 heterocycles. The predicted molar refractivity (Wildman–Crippen MR) is 83.4 cm³/mol. The van der Waals surface area contributed by atoms with Gasteiger partial charge in [0.15, 0.2) is 0 Å². The smallest absolute Gasteiger partial charge is 0.272 e. The number of carbonyl (C=O) groups excluding carboxylic acids is 1. The molecule has 0 radical (unpaired) electrons. The maximum absolute atomic E-state index is 12.9. The topological polar surface area (TPSA) is 70.1 Å². The number of nitrogens with zero attached hydrogens (tertiary/aromatic N) is 2. The second-order valence-corrected chi connectivity index (χ2v) is 5.37. The van der Waals surface area contributed by atoms with Crippen LogP contribution in [-0.2, 0) is 0 Å². The Morgan fingerprint density at radius 3 is 2.86 bits per heavy atom. The summed E-state index contributed by atoms with van der Waals surface area (Å²) in [5.41, 5.74) is 3.98. The number of carbonyl (C=O) groups is 1. The molecule has 0 unspecified atom stereocenters. The maximum Gasteiger partial charge on any atom is 0.289 e. The molecule has 3 aromatic rings. The van der Waals surface area contributed by atoms with Crippen molar-refractivity contribution in [2.45, 2.75) is 0 Å². The normalized spacial score (nSPS) is 11.0. The summed E-state index contributed by atoms with van der Waals surface area (Å²) in [5.74, 6) is -0.714. The molecular weight excluding hydrogens is 303 g/mol. The Labute approximate surface area is 129 Å². The molecule has 0 fully saturated rings. The number of hydrogen-bond acceptors (Lipinski definition) is 4. The molecule has 1 amide bonds. The van der Waals surface area contributed by atoms with Crippen molar-refractivity contribution in [3.63, 3.8) is 0 Å². The van der Waals surface area contributed by atoms with E-state index in [2.05, 4.69) is 20.7 Å². The fourth-order valence-corrected chi connectivity index (χ4v) is 2.37. The van der Waals surface area contributed by atoms with Crippen molar-refractivity contribution >= 4 is 23.5 Å². The zero-order chi connectivity index (χ0) is 15.4. The van der Waals surface area contributed by atoms with Crippen molar-refractivity contribution in [3.05, 3.63) is 64.2 Å². The van der Waals surface area contributed by atoms with Crippen LogP contribution in [0.2, 0.25) is 0 Å². The van der Waals surface area contributed by atoms with E-state index in [4.69, 9.17) is 0 Å². The van der Waals surface area contributed by atoms with Gasteiger partial charge in [-0.2, -0.15) is 10.2 Å². The lowest BCUT2D eigenvalue weighted by molar-refractivity contribution is 0.0950.